The minimum absolute atomic E-state index is 0.0685. The van der Waals surface area contributed by atoms with E-state index in [2.05, 4.69) is 6.07 Å². The number of nitrogens with two attached hydrogens (primary N) is 1. The SMILES string of the molecule is N[C@@H]1CCCO[C@@H]1C(=O)N1CCc2ccccc2[C@@H]1c1ccc(F)cc1. The van der Waals surface area contributed by atoms with E-state index in [4.69, 9.17) is 10.5 Å². The van der Waals surface area contributed by atoms with E-state index < -0.39 is 6.10 Å². The summed E-state index contributed by atoms with van der Waals surface area (Å²) in [6, 6.07) is 14.0. The normalized spacial score (nSPS) is 25.6. The molecule has 1 fully saturated rings. The minimum Gasteiger partial charge on any atom is -0.367 e. The van der Waals surface area contributed by atoms with Gasteiger partial charge in [-0.3, -0.25) is 4.79 Å². The molecular weight excluding hydrogens is 331 g/mol. The largest absolute Gasteiger partial charge is 0.367 e. The number of ether oxygens (including phenoxy) is 1. The third kappa shape index (κ3) is 3.13. The highest BCUT2D eigenvalue weighted by atomic mass is 19.1. The molecule has 4 nitrogen and oxygen atoms in total. The number of carbonyl (C=O) groups is 1. The molecule has 0 spiro atoms. The van der Waals surface area contributed by atoms with Crippen LogP contribution in [0.5, 0.6) is 0 Å². The Balaban J connectivity index is 1.73. The van der Waals surface area contributed by atoms with Crippen molar-refractivity contribution in [2.24, 2.45) is 5.73 Å². The number of halogens is 1. The van der Waals surface area contributed by atoms with Gasteiger partial charge in [-0.1, -0.05) is 36.4 Å². The number of rotatable bonds is 2. The summed E-state index contributed by atoms with van der Waals surface area (Å²) in [6.07, 6.45) is 1.87. The van der Waals surface area contributed by atoms with Gasteiger partial charge in [0.25, 0.3) is 5.91 Å². The van der Waals surface area contributed by atoms with Crippen molar-refractivity contribution in [1.29, 1.82) is 0 Å². The number of fused-ring (bicyclic) bond motifs is 1. The maximum Gasteiger partial charge on any atom is 0.254 e. The highest BCUT2D eigenvalue weighted by molar-refractivity contribution is 5.83. The van der Waals surface area contributed by atoms with E-state index in [1.807, 2.05) is 23.1 Å². The second kappa shape index (κ2) is 7.17. The Bertz CT molecular complexity index is 793. The van der Waals surface area contributed by atoms with E-state index in [1.165, 1.54) is 17.7 Å². The molecule has 2 aliphatic rings. The molecular formula is C21H23FN2O2. The van der Waals surface area contributed by atoms with Crippen LogP contribution in [0.3, 0.4) is 0 Å². The fraction of sp³-hybridized carbons (Fsp3) is 0.381. The van der Waals surface area contributed by atoms with Crippen LogP contribution in [-0.4, -0.2) is 36.1 Å². The van der Waals surface area contributed by atoms with Gasteiger partial charge in [-0.05, 0) is 48.1 Å². The van der Waals surface area contributed by atoms with Crippen molar-refractivity contribution in [3.8, 4) is 0 Å². The first-order chi connectivity index (χ1) is 12.6. The summed E-state index contributed by atoms with van der Waals surface area (Å²) in [5.74, 6) is -0.352. The second-order valence-electron chi connectivity index (χ2n) is 7.03. The maximum atomic E-state index is 13.4. The molecule has 0 radical (unpaired) electrons. The van der Waals surface area contributed by atoms with Crippen LogP contribution >= 0.6 is 0 Å². The molecule has 5 heteroatoms. The van der Waals surface area contributed by atoms with Crippen molar-refractivity contribution in [3.63, 3.8) is 0 Å². The zero-order valence-electron chi connectivity index (χ0n) is 14.6. The van der Waals surface area contributed by atoms with Gasteiger partial charge >= 0.3 is 0 Å². The van der Waals surface area contributed by atoms with Gasteiger partial charge in [0.15, 0.2) is 6.10 Å². The average molecular weight is 354 g/mol. The Kier molecular flexibility index (Phi) is 4.74. The van der Waals surface area contributed by atoms with Crippen LogP contribution in [0.2, 0.25) is 0 Å². The summed E-state index contributed by atoms with van der Waals surface area (Å²) in [4.78, 5) is 15.1. The Labute approximate surface area is 152 Å². The van der Waals surface area contributed by atoms with E-state index in [9.17, 15) is 9.18 Å². The average Bonchev–Trinajstić information content (AvgIpc) is 2.68. The standard InChI is InChI=1S/C21H23FN2O2/c22-16-9-7-15(8-10-16)19-17-5-2-1-4-14(17)11-12-24(19)21(25)20-18(23)6-3-13-26-20/h1-2,4-5,7-10,18-20H,3,6,11-13,23H2/t18-,19+,20+/m1/s1. The van der Waals surface area contributed by atoms with Gasteiger partial charge in [-0.2, -0.15) is 0 Å². The quantitative estimate of drug-likeness (QED) is 0.902. The molecule has 2 aromatic rings. The van der Waals surface area contributed by atoms with Crippen LogP contribution in [0.1, 0.15) is 35.6 Å². The maximum absolute atomic E-state index is 13.4. The number of amides is 1. The van der Waals surface area contributed by atoms with Gasteiger partial charge < -0.3 is 15.4 Å². The molecule has 2 aromatic carbocycles. The smallest absolute Gasteiger partial charge is 0.254 e. The predicted molar refractivity (Wildman–Crippen MR) is 97.1 cm³/mol. The van der Waals surface area contributed by atoms with Crippen LogP contribution in [0.15, 0.2) is 48.5 Å². The summed E-state index contributed by atoms with van der Waals surface area (Å²) in [7, 11) is 0. The molecule has 26 heavy (non-hydrogen) atoms. The summed E-state index contributed by atoms with van der Waals surface area (Å²) >= 11 is 0. The van der Waals surface area contributed by atoms with Gasteiger partial charge in [0, 0.05) is 19.2 Å². The summed E-state index contributed by atoms with van der Waals surface area (Å²) in [6.45, 7) is 1.17. The molecule has 0 aromatic heterocycles. The zero-order chi connectivity index (χ0) is 18.1. The second-order valence-corrected chi connectivity index (χ2v) is 7.03. The summed E-state index contributed by atoms with van der Waals surface area (Å²) < 4.78 is 19.2. The van der Waals surface area contributed by atoms with Crippen molar-refractivity contribution in [2.75, 3.05) is 13.2 Å². The summed E-state index contributed by atoms with van der Waals surface area (Å²) in [5, 5.41) is 0. The monoisotopic (exact) mass is 354 g/mol. The first-order valence-electron chi connectivity index (χ1n) is 9.16. The molecule has 3 atom stereocenters. The van der Waals surface area contributed by atoms with Crippen LogP contribution in [-0.2, 0) is 16.0 Å². The number of nitrogens with zero attached hydrogens (tertiary/aromatic N) is 1. The molecule has 0 bridgehead atoms. The van der Waals surface area contributed by atoms with Crippen molar-refractivity contribution >= 4 is 5.91 Å². The van der Waals surface area contributed by atoms with Crippen LogP contribution in [0, 0.1) is 5.82 Å². The molecule has 2 N–H and O–H groups in total. The molecule has 4 rings (SSSR count). The molecule has 0 aliphatic carbocycles. The highest BCUT2D eigenvalue weighted by Crippen LogP contribution is 2.36. The number of benzene rings is 2. The van der Waals surface area contributed by atoms with E-state index >= 15 is 0 Å². The number of carbonyl (C=O) groups excluding carboxylic acids is 1. The lowest BCUT2D eigenvalue weighted by Gasteiger charge is -2.41. The first-order valence-corrected chi connectivity index (χ1v) is 9.16. The molecule has 1 amide bonds. The van der Waals surface area contributed by atoms with Crippen molar-refractivity contribution in [3.05, 3.63) is 71.0 Å². The third-order valence-corrected chi connectivity index (χ3v) is 5.36. The lowest BCUT2D eigenvalue weighted by atomic mass is 9.87. The lowest BCUT2D eigenvalue weighted by Crippen LogP contribution is -2.54. The van der Waals surface area contributed by atoms with E-state index in [0.717, 1.165) is 30.4 Å². The van der Waals surface area contributed by atoms with Crippen LogP contribution in [0.25, 0.3) is 0 Å². The minimum atomic E-state index is -0.600. The predicted octanol–water partition coefficient (Wildman–Crippen LogP) is 2.81. The molecule has 0 unspecified atom stereocenters. The molecule has 0 saturated carbocycles. The number of hydrogen-bond acceptors (Lipinski definition) is 3. The fourth-order valence-electron chi connectivity index (χ4n) is 4.03. The molecule has 136 valence electrons. The van der Waals surface area contributed by atoms with E-state index in [0.29, 0.717) is 13.2 Å². The lowest BCUT2D eigenvalue weighted by molar-refractivity contribution is -0.150. The van der Waals surface area contributed by atoms with E-state index in [1.54, 1.807) is 12.1 Å². The van der Waals surface area contributed by atoms with Crippen molar-refractivity contribution in [2.45, 2.75) is 37.5 Å². The molecule has 2 heterocycles. The Morgan fingerprint density at radius 2 is 1.92 bits per heavy atom. The van der Waals surface area contributed by atoms with Gasteiger partial charge in [-0.25, -0.2) is 4.39 Å². The topological polar surface area (TPSA) is 55.6 Å². The van der Waals surface area contributed by atoms with Gasteiger partial charge in [0.1, 0.15) is 5.82 Å². The zero-order valence-corrected chi connectivity index (χ0v) is 14.6. The Morgan fingerprint density at radius 3 is 2.69 bits per heavy atom. The molecule has 2 aliphatic heterocycles. The van der Waals surface area contributed by atoms with Crippen LogP contribution < -0.4 is 5.73 Å². The molecule has 1 saturated heterocycles. The fourth-order valence-corrected chi connectivity index (χ4v) is 4.03. The van der Waals surface area contributed by atoms with Crippen molar-refractivity contribution < 1.29 is 13.9 Å². The van der Waals surface area contributed by atoms with Crippen LogP contribution in [0.4, 0.5) is 4.39 Å². The first kappa shape index (κ1) is 17.2. The van der Waals surface area contributed by atoms with Gasteiger partial charge in [0.2, 0.25) is 0 Å². The highest BCUT2D eigenvalue weighted by Gasteiger charge is 2.38. The van der Waals surface area contributed by atoms with E-state index in [-0.39, 0.29) is 23.8 Å². The van der Waals surface area contributed by atoms with Gasteiger partial charge in [-0.15, -0.1) is 0 Å². The van der Waals surface area contributed by atoms with Gasteiger partial charge in [0.05, 0.1) is 6.04 Å². The number of hydrogen-bond donors (Lipinski definition) is 1. The summed E-state index contributed by atoms with van der Waals surface area (Å²) in [5.41, 5.74) is 9.37. The van der Waals surface area contributed by atoms with Crippen molar-refractivity contribution in [1.82, 2.24) is 4.90 Å². The Morgan fingerprint density at radius 1 is 1.15 bits per heavy atom. The Hall–Kier alpha value is -2.24. The third-order valence-electron chi connectivity index (χ3n) is 5.36.